The number of carbonyl (C=O) groups excluding carboxylic acids is 1. The van der Waals surface area contributed by atoms with E-state index < -0.39 is 0 Å². The van der Waals surface area contributed by atoms with Crippen LogP contribution in [0.3, 0.4) is 0 Å². The van der Waals surface area contributed by atoms with Crippen molar-refractivity contribution in [2.75, 3.05) is 19.5 Å². The minimum atomic E-state index is -0.0754. The Morgan fingerprint density at radius 2 is 2.00 bits per heavy atom. The highest BCUT2D eigenvalue weighted by Crippen LogP contribution is 2.34. The number of halogens is 1. The van der Waals surface area contributed by atoms with Crippen molar-refractivity contribution in [3.63, 3.8) is 0 Å². The van der Waals surface area contributed by atoms with E-state index in [1.807, 2.05) is 6.07 Å². The number of nitrogens with zero attached hydrogens (tertiary/aromatic N) is 1. The van der Waals surface area contributed by atoms with Crippen LogP contribution in [0.2, 0.25) is 0 Å². The van der Waals surface area contributed by atoms with Crippen LogP contribution in [0, 0.1) is 6.92 Å². The topological polar surface area (TPSA) is 61.6 Å². The molecule has 0 aliphatic heterocycles. The van der Waals surface area contributed by atoms with Gasteiger partial charge in [-0.3, -0.25) is 4.79 Å². The number of aryl methyl sites for hydroxylation is 1. The number of aromatic nitrogens is 1. The Balaban J connectivity index is 2.55. The van der Waals surface area contributed by atoms with Crippen LogP contribution in [0.25, 0.3) is 11.3 Å². The van der Waals surface area contributed by atoms with Crippen LogP contribution in [0.15, 0.2) is 22.7 Å². The molecule has 5 nitrogen and oxygen atoms in total. The molecular formula is C14H14BrNO4. The molecule has 0 atom stereocenters. The summed E-state index contributed by atoms with van der Waals surface area (Å²) < 4.78 is 15.6. The minimum absolute atomic E-state index is 0.0754. The zero-order valence-electron chi connectivity index (χ0n) is 11.4. The number of Topliss-reactive ketones (excluding diaryl/α,β-unsaturated/α-hetero) is 1. The lowest BCUT2D eigenvalue weighted by molar-refractivity contribution is 0.102. The fraction of sp³-hybridized carbons (Fsp3) is 0.286. The lowest BCUT2D eigenvalue weighted by Crippen LogP contribution is -2.02. The van der Waals surface area contributed by atoms with Crippen molar-refractivity contribution in [3.8, 4) is 22.8 Å². The summed E-state index contributed by atoms with van der Waals surface area (Å²) in [7, 11) is 3.12. The van der Waals surface area contributed by atoms with Crippen LogP contribution < -0.4 is 9.47 Å². The number of methoxy groups -OCH3 is 2. The second kappa shape index (κ2) is 6.09. The smallest absolute Gasteiger partial charge is 0.179 e. The summed E-state index contributed by atoms with van der Waals surface area (Å²) in [5.41, 5.74) is 1.73. The number of ketones is 1. The van der Waals surface area contributed by atoms with E-state index in [1.54, 1.807) is 33.3 Å². The normalized spacial score (nSPS) is 10.4. The van der Waals surface area contributed by atoms with E-state index in [2.05, 4.69) is 21.1 Å². The number of ether oxygens (including phenoxy) is 2. The molecule has 1 aromatic heterocycles. The van der Waals surface area contributed by atoms with E-state index in [9.17, 15) is 4.79 Å². The molecule has 2 rings (SSSR count). The Morgan fingerprint density at radius 1 is 1.30 bits per heavy atom. The first-order chi connectivity index (χ1) is 9.62. The van der Waals surface area contributed by atoms with E-state index in [0.717, 1.165) is 5.56 Å². The monoisotopic (exact) mass is 339 g/mol. The first kappa shape index (κ1) is 14.6. The molecule has 1 heterocycles. The van der Waals surface area contributed by atoms with E-state index >= 15 is 0 Å². The van der Waals surface area contributed by atoms with Gasteiger partial charge < -0.3 is 14.0 Å². The van der Waals surface area contributed by atoms with Crippen LogP contribution in [0.5, 0.6) is 11.5 Å². The van der Waals surface area contributed by atoms with Gasteiger partial charge in [0, 0.05) is 5.56 Å². The highest BCUT2D eigenvalue weighted by Gasteiger charge is 2.21. The molecule has 20 heavy (non-hydrogen) atoms. The van der Waals surface area contributed by atoms with E-state index in [-0.39, 0.29) is 11.1 Å². The molecule has 0 amide bonds. The van der Waals surface area contributed by atoms with Crippen molar-refractivity contribution in [3.05, 3.63) is 29.5 Å². The number of hydrogen-bond donors (Lipinski definition) is 0. The molecule has 0 aliphatic rings. The van der Waals surface area contributed by atoms with Crippen LogP contribution in [0.1, 0.15) is 16.1 Å². The van der Waals surface area contributed by atoms with Crippen molar-refractivity contribution in [1.29, 1.82) is 0 Å². The van der Waals surface area contributed by atoms with Gasteiger partial charge in [-0.15, -0.1) is 0 Å². The summed E-state index contributed by atoms with van der Waals surface area (Å²) in [4.78, 5) is 12.0. The summed E-state index contributed by atoms with van der Waals surface area (Å²) in [5.74, 6) is 1.61. The third-order valence-electron chi connectivity index (χ3n) is 2.92. The number of carbonyl (C=O) groups is 1. The van der Waals surface area contributed by atoms with Crippen molar-refractivity contribution in [2.24, 2.45) is 0 Å². The summed E-state index contributed by atoms with van der Waals surface area (Å²) in [6.45, 7) is 1.72. The maximum atomic E-state index is 12.0. The second-order valence-electron chi connectivity index (χ2n) is 4.09. The Morgan fingerprint density at radius 3 is 2.60 bits per heavy atom. The molecule has 0 spiro atoms. The average molecular weight is 340 g/mol. The molecule has 0 radical (unpaired) electrons. The van der Waals surface area contributed by atoms with E-state index in [4.69, 9.17) is 14.0 Å². The molecule has 0 bridgehead atoms. The first-order valence-corrected chi connectivity index (χ1v) is 7.02. The zero-order valence-corrected chi connectivity index (χ0v) is 13.0. The molecule has 0 saturated carbocycles. The van der Waals surface area contributed by atoms with Crippen LogP contribution in [0.4, 0.5) is 0 Å². The van der Waals surface area contributed by atoms with Crippen molar-refractivity contribution >= 4 is 21.7 Å². The molecule has 6 heteroatoms. The fourth-order valence-electron chi connectivity index (χ4n) is 1.95. The third kappa shape index (κ3) is 2.56. The largest absolute Gasteiger partial charge is 0.493 e. The highest BCUT2D eigenvalue weighted by atomic mass is 79.9. The van der Waals surface area contributed by atoms with Gasteiger partial charge >= 0.3 is 0 Å². The standard InChI is InChI=1S/C14H14BrNO4/c1-8-13(10(17)7-15)14(16-20-8)9-4-5-11(18-2)12(6-9)19-3/h4-6H,7H2,1-3H3. The molecule has 0 fully saturated rings. The zero-order chi connectivity index (χ0) is 14.7. The van der Waals surface area contributed by atoms with Gasteiger partial charge in [0.15, 0.2) is 17.3 Å². The lowest BCUT2D eigenvalue weighted by Gasteiger charge is -2.08. The van der Waals surface area contributed by atoms with E-state index in [0.29, 0.717) is 28.5 Å². The average Bonchev–Trinajstić information content (AvgIpc) is 2.87. The van der Waals surface area contributed by atoms with Crippen molar-refractivity contribution in [2.45, 2.75) is 6.92 Å². The van der Waals surface area contributed by atoms with E-state index in [1.165, 1.54) is 0 Å². The predicted molar refractivity (Wildman–Crippen MR) is 77.9 cm³/mol. The van der Waals surface area contributed by atoms with Gasteiger partial charge in [0.25, 0.3) is 0 Å². The molecule has 0 saturated heterocycles. The quantitative estimate of drug-likeness (QED) is 0.618. The Bertz CT molecular complexity index is 636. The SMILES string of the molecule is COc1ccc(-c2noc(C)c2C(=O)CBr)cc1OC. The molecular weight excluding hydrogens is 326 g/mol. The number of benzene rings is 1. The molecule has 0 N–H and O–H groups in total. The minimum Gasteiger partial charge on any atom is -0.493 e. The van der Waals surface area contributed by atoms with Gasteiger partial charge in [-0.25, -0.2) is 0 Å². The second-order valence-corrected chi connectivity index (χ2v) is 4.65. The third-order valence-corrected chi connectivity index (χ3v) is 3.43. The lowest BCUT2D eigenvalue weighted by atomic mass is 10.0. The maximum absolute atomic E-state index is 12.0. The van der Waals surface area contributed by atoms with Crippen LogP contribution >= 0.6 is 15.9 Å². The highest BCUT2D eigenvalue weighted by molar-refractivity contribution is 9.09. The van der Waals surface area contributed by atoms with Gasteiger partial charge in [-0.1, -0.05) is 21.1 Å². The Labute approximate surface area is 125 Å². The van der Waals surface area contributed by atoms with Crippen molar-refractivity contribution < 1.29 is 18.8 Å². The molecule has 106 valence electrons. The van der Waals surface area contributed by atoms with Gasteiger partial charge in [-0.2, -0.15) is 0 Å². The van der Waals surface area contributed by atoms with Gasteiger partial charge in [0.1, 0.15) is 11.5 Å². The summed E-state index contributed by atoms with van der Waals surface area (Å²) >= 11 is 3.16. The maximum Gasteiger partial charge on any atom is 0.179 e. The molecule has 2 aromatic rings. The van der Waals surface area contributed by atoms with Crippen molar-refractivity contribution in [1.82, 2.24) is 5.16 Å². The Kier molecular flexibility index (Phi) is 4.44. The summed E-state index contributed by atoms with van der Waals surface area (Å²) in [5, 5.41) is 4.19. The predicted octanol–water partition coefficient (Wildman–Crippen LogP) is 3.24. The molecule has 0 aliphatic carbocycles. The number of hydrogen-bond acceptors (Lipinski definition) is 5. The fourth-order valence-corrected chi connectivity index (χ4v) is 2.23. The summed E-state index contributed by atoms with van der Waals surface area (Å²) in [6.07, 6.45) is 0. The van der Waals surface area contributed by atoms with Gasteiger partial charge in [0.05, 0.1) is 25.1 Å². The van der Waals surface area contributed by atoms with Crippen LogP contribution in [-0.2, 0) is 0 Å². The number of alkyl halides is 1. The molecule has 1 aromatic carbocycles. The van der Waals surface area contributed by atoms with Gasteiger partial charge in [0.2, 0.25) is 0 Å². The molecule has 0 unspecified atom stereocenters. The Hall–Kier alpha value is -1.82. The summed E-state index contributed by atoms with van der Waals surface area (Å²) in [6, 6.07) is 5.34. The number of rotatable bonds is 5. The first-order valence-electron chi connectivity index (χ1n) is 5.90. The van der Waals surface area contributed by atoms with Crippen LogP contribution in [-0.4, -0.2) is 30.5 Å². The van der Waals surface area contributed by atoms with Gasteiger partial charge in [-0.05, 0) is 25.1 Å².